The Kier molecular flexibility index (Phi) is 4.32. The van der Waals surface area contributed by atoms with Crippen molar-refractivity contribution in [1.82, 2.24) is 20.2 Å². The molecule has 0 radical (unpaired) electrons. The van der Waals surface area contributed by atoms with Crippen LogP contribution in [0.5, 0.6) is 0 Å². The number of aromatic nitrogens is 4. The number of halogens is 4. The SMILES string of the molecule is Fc1ccc2c(Nc3nc(-c4ccccc4C(F)(F)F)nc4ccccc34)n[nH]c2c1. The van der Waals surface area contributed by atoms with E-state index in [-0.39, 0.29) is 17.2 Å². The summed E-state index contributed by atoms with van der Waals surface area (Å²) in [6.45, 7) is 0. The molecule has 5 nitrogen and oxygen atoms in total. The Morgan fingerprint density at radius 3 is 2.42 bits per heavy atom. The zero-order valence-corrected chi connectivity index (χ0v) is 15.7. The third-order valence-electron chi connectivity index (χ3n) is 4.84. The molecule has 5 rings (SSSR count). The minimum atomic E-state index is -4.55. The zero-order chi connectivity index (χ0) is 21.6. The molecule has 5 aromatic rings. The van der Waals surface area contributed by atoms with Crippen LogP contribution in [0.2, 0.25) is 0 Å². The average molecular weight is 423 g/mol. The fourth-order valence-electron chi connectivity index (χ4n) is 3.42. The van der Waals surface area contributed by atoms with E-state index in [0.717, 1.165) is 6.07 Å². The summed E-state index contributed by atoms with van der Waals surface area (Å²) in [6, 6.07) is 16.3. The molecule has 0 saturated heterocycles. The number of rotatable bonds is 3. The van der Waals surface area contributed by atoms with E-state index in [2.05, 4.69) is 25.5 Å². The topological polar surface area (TPSA) is 66.5 Å². The highest BCUT2D eigenvalue weighted by Crippen LogP contribution is 2.37. The van der Waals surface area contributed by atoms with Crippen LogP contribution >= 0.6 is 0 Å². The number of para-hydroxylation sites is 1. The third-order valence-corrected chi connectivity index (χ3v) is 4.84. The van der Waals surface area contributed by atoms with Crippen molar-refractivity contribution in [2.45, 2.75) is 6.18 Å². The Balaban J connectivity index is 1.69. The monoisotopic (exact) mass is 423 g/mol. The molecule has 0 unspecified atom stereocenters. The summed E-state index contributed by atoms with van der Waals surface area (Å²) in [5.74, 6) is 0.172. The highest BCUT2D eigenvalue weighted by atomic mass is 19.4. The number of anilines is 2. The van der Waals surface area contributed by atoms with Crippen molar-refractivity contribution in [2.24, 2.45) is 0 Å². The summed E-state index contributed by atoms with van der Waals surface area (Å²) >= 11 is 0. The maximum atomic E-state index is 13.5. The zero-order valence-electron chi connectivity index (χ0n) is 15.7. The molecule has 0 aliphatic rings. The second kappa shape index (κ2) is 7.05. The Morgan fingerprint density at radius 1 is 0.806 bits per heavy atom. The Hall–Kier alpha value is -4.01. The van der Waals surface area contributed by atoms with E-state index in [9.17, 15) is 17.6 Å². The smallest absolute Gasteiger partial charge is 0.322 e. The van der Waals surface area contributed by atoms with Crippen molar-refractivity contribution in [3.8, 4) is 11.4 Å². The second-order valence-corrected chi connectivity index (χ2v) is 6.84. The van der Waals surface area contributed by atoms with Gasteiger partial charge in [0.2, 0.25) is 0 Å². The lowest BCUT2D eigenvalue weighted by Gasteiger charge is -2.14. The maximum absolute atomic E-state index is 13.5. The first-order valence-corrected chi connectivity index (χ1v) is 9.24. The number of hydrogen-bond acceptors (Lipinski definition) is 4. The maximum Gasteiger partial charge on any atom is 0.417 e. The van der Waals surface area contributed by atoms with Gasteiger partial charge in [-0.25, -0.2) is 14.4 Å². The number of alkyl halides is 3. The van der Waals surface area contributed by atoms with Crippen LogP contribution in [0.25, 0.3) is 33.2 Å². The van der Waals surface area contributed by atoms with E-state index < -0.39 is 17.6 Å². The fraction of sp³-hybridized carbons (Fsp3) is 0.0455. The molecular formula is C22H13F4N5. The van der Waals surface area contributed by atoms with E-state index in [4.69, 9.17) is 0 Å². The van der Waals surface area contributed by atoms with Crippen LogP contribution in [-0.2, 0) is 6.18 Å². The summed E-state index contributed by atoms with van der Waals surface area (Å²) < 4.78 is 54.1. The first-order valence-electron chi connectivity index (χ1n) is 9.24. The molecule has 154 valence electrons. The molecule has 3 aromatic carbocycles. The Labute approximate surface area is 172 Å². The van der Waals surface area contributed by atoms with Crippen molar-refractivity contribution >= 4 is 33.4 Å². The van der Waals surface area contributed by atoms with Gasteiger partial charge in [0.15, 0.2) is 11.6 Å². The predicted octanol–water partition coefficient (Wildman–Crippen LogP) is 6.07. The van der Waals surface area contributed by atoms with Gasteiger partial charge >= 0.3 is 6.18 Å². The second-order valence-electron chi connectivity index (χ2n) is 6.84. The highest BCUT2D eigenvalue weighted by Gasteiger charge is 2.34. The normalized spacial score (nSPS) is 11.9. The number of hydrogen-bond donors (Lipinski definition) is 2. The van der Waals surface area contributed by atoms with Crippen LogP contribution in [-0.4, -0.2) is 20.2 Å². The van der Waals surface area contributed by atoms with Crippen molar-refractivity contribution in [3.63, 3.8) is 0 Å². The number of benzene rings is 3. The number of H-pyrrole nitrogens is 1. The van der Waals surface area contributed by atoms with Crippen molar-refractivity contribution in [2.75, 3.05) is 5.32 Å². The molecular weight excluding hydrogens is 410 g/mol. The molecule has 0 aliphatic carbocycles. The van der Waals surface area contributed by atoms with Gasteiger partial charge in [0.05, 0.1) is 16.6 Å². The van der Waals surface area contributed by atoms with Gasteiger partial charge in [-0.15, -0.1) is 0 Å². The molecule has 0 amide bonds. The van der Waals surface area contributed by atoms with E-state index in [1.807, 2.05) is 0 Å². The summed E-state index contributed by atoms with van der Waals surface area (Å²) in [5, 5.41) is 11.2. The van der Waals surface area contributed by atoms with Gasteiger partial charge in [0, 0.05) is 16.3 Å². The highest BCUT2D eigenvalue weighted by molar-refractivity contribution is 5.96. The molecule has 2 N–H and O–H groups in total. The standard InChI is InChI=1S/C22H13F4N5/c23-12-9-10-15-18(11-12)30-31-21(15)29-20-14-6-2-4-8-17(14)27-19(28-20)13-5-1-3-7-16(13)22(24,25)26/h1-11H,(H2,27,28,29,30,31). The fourth-order valence-corrected chi connectivity index (χ4v) is 3.42. The van der Waals surface area contributed by atoms with Crippen molar-refractivity contribution in [1.29, 1.82) is 0 Å². The Morgan fingerprint density at radius 2 is 1.58 bits per heavy atom. The van der Waals surface area contributed by atoms with Gasteiger partial charge in [-0.1, -0.05) is 30.3 Å². The molecule has 2 aromatic heterocycles. The number of nitrogens with one attached hydrogen (secondary N) is 2. The summed E-state index contributed by atoms with van der Waals surface area (Å²) in [7, 11) is 0. The molecule has 0 fully saturated rings. The van der Waals surface area contributed by atoms with Crippen LogP contribution in [0.4, 0.5) is 29.2 Å². The largest absolute Gasteiger partial charge is 0.417 e. The summed E-state index contributed by atoms with van der Waals surface area (Å²) in [4.78, 5) is 8.75. The lowest BCUT2D eigenvalue weighted by molar-refractivity contribution is -0.137. The molecule has 2 heterocycles. The number of aromatic amines is 1. The van der Waals surface area contributed by atoms with Gasteiger partial charge in [-0.3, -0.25) is 5.10 Å². The van der Waals surface area contributed by atoms with E-state index in [1.54, 1.807) is 30.3 Å². The number of fused-ring (bicyclic) bond motifs is 2. The average Bonchev–Trinajstić information content (AvgIpc) is 3.14. The van der Waals surface area contributed by atoms with Gasteiger partial charge in [0.1, 0.15) is 11.6 Å². The molecule has 31 heavy (non-hydrogen) atoms. The summed E-state index contributed by atoms with van der Waals surface area (Å²) in [5.41, 5.74) is -0.00366. The van der Waals surface area contributed by atoms with Crippen LogP contribution in [0.15, 0.2) is 66.7 Å². The molecule has 0 atom stereocenters. The lowest BCUT2D eigenvalue weighted by atomic mass is 10.1. The Bertz CT molecular complexity index is 1420. The first kappa shape index (κ1) is 19.0. The number of nitrogens with zero attached hydrogens (tertiary/aromatic N) is 3. The van der Waals surface area contributed by atoms with Gasteiger partial charge in [0.25, 0.3) is 0 Å². The van der Waals surface area contributed by atoms with Crippen molar-refractivity contribution in [3.05, 3.63) is 78.1 Å². The molecule has 0 saturated carbocycles. The first-order chi connectivity index (χ1) is 14.9. The molecule has 9 heteroatoms. The molecule has 0 bridgehead atoms. The lowest BCUT2D eigenvalue weighted by Crippen LogP contribution is -2.08. The van der Waals surface area contributed by atoms with Crippen LogP contribution < -0.4 is 5.32 Å². The van der Waals surface area contributed by atoms with Crippen LogP contribution in [0.3, 0.4) is 0 Å². The quantitative estimate of drug-likeness (QED) is 0.346. The van der Waals surface area contributed by atoms with Gasteiger partial charge < -0.3 is 5.32 Å². The summed E-state index contributed by atoms with van der Waals surface area (Å²) in [6.07, 6.45) is -4.55. The third kappa shape index (κ3) is 3.43. The van der Waals surface area contributed by atoms with Crippen LogP contribution in [0.1, 0.15) is 5.56 Å². The van der Waals surface area contributed by atoms with Gasteiger partial charge in [-0.05, 0) is 36.4 Å². The van der Waals surface area contributed by atoms with E-state index in [0.29, 0.717) is 27.6 Å². The minimum absolute atomic E-state index is 0.0694. The van der Waals surface area contributed by atoms with E-state index in [1.165, 1.54) is 30.3 Å². The van der Waals surface area contributed by atoms with E-state index >= 15 is 0 Å². The minimum Gasteiger partial charge on any atom is -0.322 e. The predicted molar refractivity (Wildman–Crippen MR) is 109 cm³/mol. The molecule has 0 aliphatic heterocycles. The van der Waals surface area contributed by atoms with Crippen LogP contribution in [0, 0.1) is 5.82 Å². The van der Waals surface area contributed by atoms with Gasteiger partial charge in [-0.2, -0.15) is 18.3 Å². The molecule has 0 spiro atoms. The van der Waals surface area contributed by atoms with Crippen molar-refractivity contribution < 1.29 is 17.6 Å².